The van der Waals surface area contributed by atoms with E-state index in [0.717, 1.165) is 65.0 Å². The first-order valence-electron chi connectivity index (χ1n) is 9.88. The van der Waals surface area contributed by atoms with Crippen LogP contribution >= 0.6 is 0 Å². The van der Waals surface area contributed by atoms with Gasteiger partial charge in [-0.25, -0.2) is 4.79 Å². The summed E-state index contributed by atoms with van der Waals surface area (Å²) < 4.78 is 0. The van der Waals surface area contributed by atoms with Crippen molar-refractivity contribution in [3.63, 3.8) is 0 Å². The van der Waals surface area contributed by atoms with E-state index in [1.54, 1.807) is 0 Å². The lowest BCUT2D eigenvalue weighted by atomic mass is 10.1. The summed E-state index contributed by atoms with van der Waals surface area (Å²) in [5, 5.41) is 5.14. The van der Waals surface area contributed by atoms with E-state index in [1.807, 2.05) is 16.7 Å². The summed E-state index contributed by atoms with van der Waals surface area (Å²) in [6.45, 7) is 6.97. The molecule has 0 aromatic carbocycles. The maximum absolute atomic E-state index is 12.6. The predicted molar refractivity (Wildman–Crippen MR) is 97.6 cm³/mol. The van der Waals surface area contributed by atoms with Gasteiger partial charge >= 0.3 is 6.03 Å². The Morgan fingerprint density at radius 3 is 2.23 bits per heavy atom. The molecule has 0 aromatic rings. The van der Waals surface area contributed by atoms with E-state index in [4.69, 9.17) is 0 Å². The lowest BCUT2D eigenvalue weighted by Crippen LogP contribution is -2.56. The first kappa shape index (κ1) is 19.1. The van der Waals surface area contributed by atoms with Gasteiger partial charge in [-0.05, 0) is 39.0 Å². The first-order chi connectivity index (χ1) is 12.5. The van der Waals surface area contributed by atoms with Crippen LogP contribution in [0.15, 0.2) is 0 Å². The van der Waals surface area contributed by atoms with Gasteiger partial charge in [0.05, 0.1) is 12.6 Å². The standard InChI is InChI=1S/C18H31N5O3/c1-14(17(25)23-7-3-2-4-8-23)22-11-9-21(10-12-22)13-16(24)20-18(26)19-15-5-6-15/h14-15H,2-13H2,1H3,(H2,19,20,24,26)/t14-/m0/s1. The van der Waals surface area contributed by atoms with Gasteiger partial charge in [-0.1, -0.05) is 0 Å². The average Bonchev–Trinajstić information content (AvgIpc) is 3.45. The van der Waals surface area contributed by atoms with Gasteiger partial charge in [0.25, 0.3) is 0 Å². The molecule has 0 bridgehead atoms. The Morgan fingerprint density at radius 1 is 0.962 bits per heavy atom. The van der Waals surface area contributed by atoms with Crippen molar-refractivity contribution in [1.29, 1.82) is 0 Å². The summed E-state index contributed by atoms with van der Waals surface area (Å²) in [4.78, 5) is 42.4. The second-order valence-electron chi connectivity index (χ2n) is 7.67. The summed E-state index contributed by atoms with van der Waals surface area (Å²) in [7, 11) is 0. The molecule has 1 atom stereocenters. The lowest BCUT2D eigenvalue weighted by molar-refractivity contribution is -0.138. The van der Waals surface area contributed by atoms with Crippen molar-refractivity contribution < 1.29 is 14.4 Å². The molecule has 2 heterocycles. The van der Waals surface area contributed by atoms with Gasteiger partial charge in [-0.3, -0.25) is 24.7 Å². The minimum atomic E-state index is -0.392. The zero-order valence-electron chi connectivity index (χ0n) is 15.7. The van der Waals surface area contributed by atoms with Crippen LogP contribution in [0.2, 0.25) is 0 Å². The number of piperidine rings is 1. The van der Waals surface area contributed by atoms with E-state index in [1.165, 1.54) is 6.42 Å². The van der Waals surface area contributed by atoms with Crippen LogP contribution in [0, 0.1) is 0 Å². The molecule has 0 radical (unpaired) electrons. The minimum Gasteiger partial charge on any atom is -0.341 e. The summed E-state index contributed by atoms with van der Waals surface area (Å²) in [5.41, 5.74) is 0. The number of hydrogen-bond donors (Lipinski definition) is 2. The molecular formula is C18H31N5O3. The Bertz CT molecular complexity index is 523. The highest BCUT2D eigenvalue weighted by atomic mass is 16.2. The van der Waals surface area contributed by atoms with Gasteiger partial charge in [0.15, 0.2) is 0 Å². The molecule has 8 nitrogen and oxygen atoms in total. The molecule has 146 valence electrons. The fourth-order valence-corrected chi connectivity index (χ4v) is 3.66. The number of carbonyl (C=O) groups is 3. The predicted octanol–water partition coefficient (Wildman–Crippen LogP) is -0.00680. The van der Waals surface area contributed by atoms with Crippen molar-refractivity contribution >= 4 is 17.8 Å². The molecule has 3 fully saturated rings. The highest BCUT2D eigenvalue weighted by molar-refractivity contribution is 5.95. The smallest absolute Gasteiger partial charge is 0.321 e. The van der Waals surface area contributed by atoms with Crippen molar-refractivity contribution in [3.05, 3.63) is 0 Å². The molecule has 2 aliphatic heterocycles. The quantitative estimate of drug-likeness (QED) is 0.716. The van der Waals surface area contributed by atoms with Gasteiger partial charge in [-0.15, -0.1) is 0 Å². The SMILES string of the molecule is C[C@@H](C(=O)N1CCCCC1)N1CCN(CC(=O)NC(=O)NC2CC2)CC1. The van der Waals surface area contributed by atoms with Crippen LogP contribution in [-0.2, 0) is 9.59 Å². The van der Waals surface area contributed by atoms with Crippen molar-refractivity contribution in [2.24, 2.45) is 0 Å². The summed E-state index contributed by atoms with van der Waals surface area (Å²) in [6.07, 6.45) is 5.43. The van der Waals surface area contributed by atoms with Gasteiger partial charge in [0, 0.05) is 45.3 Å². The van der Waals surface area contributed by atoms with Crippen molar-refractivity contribution in [1.82, 2.24) is 25.3 Å². The molecule has 26 heavy (non-hydrogen) atoms. The van der Waals surface area contributed by atoms with Crippen LogP contribution in [-0.4, -0.2) is 90.4 Å². The van der Waals surface area contributed by atoms with Gasteiger partial charge in [0.2, 0.25) is 11.8 Å². The van der Waals surface area contributed by atoms with Crippen molar-refractivity contribution in [2.75, 3.05) is 45.8 Å². The number of amides is 4. The fourth-order valence-electron chi connectivity index (χ4n) is 3.66. The number of imide groups is 1. The molecule has 0 spiro atoms. The van der Waals surface area contributed by atoms with E-state index in [0.29, 0.717) is 0 Å². The van der Waals surface area contributed by atoms with Gasteiger partial charge < -0.3 is 10.2 Å². The van der Waals surface area contributed by atoms with E-state index < -0.39 is 6.03 Å². The summed E-state index contributed by atoms with van der Waals surface area (Å²) in [5.74, 6) is -0.0401. The normalized spacial score (nSPS) is 23.3. The van der Waals surface area contributed by atoms with Gasteiger partial charge in [-0.2, -0.15) is 0 Å². The number of piperazine rings is 1. The molecule has 1 saturated carbocycles. The number of carbonyl (C=O) groups excluding carboxylic acids is 3. The monoisotopic (exact) mass is 365 g/mol. The molecule has 2 N–H and O–H groups in total. The van der Waals surface area contributed by atoms with Gasteiger partial charge in [0.1, 0.15) is 0 Å². The summed E-state index contributed by atoms with van der Waals surface area (Å²) >= 11 is 0. The number of rotatable bonds is 5. The third kappa shape index (κ3) is 5.41. The maximum Gasteiger partial charge on any atom is 0.321 e. The second-order valence-corrected chi connectivity index (χ2v) is 7.67. The number of likely N-dealkylation sites (tertiary alicyclic amines) is 1. The molecule has 0 unspecified atom stereocenters. The highest BCUT2D eigenvalue weighted by Gasteiger charge is 2.30. The molecule has 1 aliphatic carbocycles. The average molecular weight is 365 g/mol. The van der Waals surface area contributed by atoms with Crippen LogP contribution in [0.3, 0.4) is 0 Å². The Labute approximate surface area is 155 Å². The molecular weight excluding hydrogens is 334 g/mol. The Balaban J connectivity index is 1.36. The van der Waals surface area contributed by atoms with Crippen LogP contribution in [0.25, 0.3) is 0 Å². The zero-order valence-corrected chi connectivity index (χ0v) is 15.7. The molecule has 3 rings (SSSR count). The minimum absolute atomic E-state index is 0.103. The summed E-state index contributed by atoms with van der Waals surface area (Å²) in [6, 6.07) is -0.254. The maximum atomic E-state index is 12.6. The molecule has 2 saturated heterocycles. The van der Waals surface area contributed by atoms with E-state index in [2.05, 4.69) is 15.5 Å². The topological polar surface area (TPSA) is 85.0 Å². The number of nitrogens with one attached hydrogen (secondary N) is 2. The molecule has 8 heteroatoms. The lowest BCUT2D eigenvalue weighted by Gasteiger charge is -2.39. The van der Waals surface area contributed by atoms with E-state index in [9.17, 15) is 14.4 Å². The molecule has 0 aromatic heterocycles. The number of hydrogen-bond acceptors (Lipinski definition) is 5. The molecule has 4 amide bonds. The highest BCUT2D eigenvalue weighted by Crippen LogP contribution is 2.18. The van der Waals surface area contributed by atoms with E-state index in [-0.39, 0.29) is 30.4 Å². The van der Waals surface area contributed by atoms with Crippen molar-refractivity contribution in [2.45, 2.75) is 51.1 Å². The molecule has 3 aliphatic rings. The van der Waals surface area contributed by atoms with E-state index >= 15 is 0 Å². The Hall–Kier alpha value is -1.67. The third-order valence-corrected chi connectivity index (χ3v) is 5.51. The number of nitrogens with zero attached hydrogens (tertiary/aromatic N) is 3. The van der Waals surface area contributed by atoms with Crippen molar-refractivity contribution in [3.8, 4) is 0 Å². The zero-order chi connectivity index (χ0) is 18.5. The second kappa shape index (κ2) is 8.81. The van der Waals surface area contributed by atoms with Crippen LogP contribution in [0.4, 0.5) is 4.79 Å². The third-order valence-electron chi connectivity index (χ3n) is 5.51. The Morgan fingerprint density at radius 2 is 1.62 bits per heavy atom. The largest absolute Gasteiger partial charge is 0.341 e. The van der Waals surface area contributed by atoms with Crippen LogP contribution in [0.1, 0.15) is 39.0 Å². The fraction of sp³-hybridized carbons (Fsp3) is 0.833. The van der Waals surface area contributed by atoms with Crippen LogP contribution in [0.5, 0.6) is 0 Å². The van der Waals surface area contributed by atoms with Crippen LogP contribution < -0.4 is 10.6 Å². The number of urea groups is 1. The Kier molecular flexibility index (Phi) is 6.48. The first-order valence-corrected chi connectivity index (χ1v) is 9.88.